The van der Waals surface area contributed by atoms with Crippen LogP contribution in [0, 0.1) is 11.8 Å². The molecule has 0 amide bonds. The first kappa shape index (κ1) is 6.02. The molecular formula is C9H12O. The molecule has 0 radical (unpaired) electrons. The Morgan fingerprint density at radius 2 is 2.40 bits per heavy atom. The van der Waals surface area contributed by atoms with Crippen LogP contribution in [-0.4, -0.2) is 7.11 Å². The van der Waals surface area contributed by atoms with Crippen LogP contribution < -0.4 is 0 Å². The van der Waals surface area contributed by atoms with E-state index in [1.54, 1.807) is 7.11 Å². The second kappa shape index (κ2) is 2.15. The van der Waals surface area contributed by atoms with Crippen LogP contribution in [0.1, 0.15) is 12.8 Å². The van der Waals surface area contributed by atoms with Crippen molar-refractivity contribution in [1.29, 1.82) is 0 Å². The Bertz CT molecular complexity index is 191. The quantitative estimate of drug-likeness (QED) is 0.502. The third-order valence-electron chi connectivity index (χ3n) is 2.48. The van der Waals surface area contributed by atoms with Gasteiger partial charge in [-0.05, 0) is 24.8 Å². The zero-order valence-corrected chi connectivity index (χ0v) is 6.21. The van der Waals surface area contributed by atoms with Crippen molar-refractivity contribution < 1.29 is 4.74 Å². The Morgan fingerprint density at radius 1 is 1.50 bits per heavy atom. The minimum atomic E-state index is 0.616. The van der Waals surface area contributed by atoms with Crippen LogP contribution in [0.15, 0.2) is 24.0 Å². The molecule has 10 heavy (non-hydrogen) atoms. The van der Waals surface area contributed by atoms with Crippen LogP contribution in [0.25, 0.3) is 0 Å². The number of hydrogen-bond acceptors (Lipinski definition) is 1. The van der Waals surface area contributed by atoms with Gasteiger partial charge in [-0.15, -0.1) is 0 Å². The highest BCUT2D eigenvalue weighted by Crippen LogP contribution is 2.39. The summed E-state index contributed by atoms with van der Waals surface area (Å²) >= 11 is 0. The molecule has 0 heterocycles. The van der Waals surface area contributed by atoms with Crippen molar-refractivity contribution in [2.24, 2.45) is 11.8 Å². The first-order chi connectivity index (χ1) is 4.92. The molecule has 2 aliphatic carbocycles. The molecule has 0 aromatic carbocycles. The number of fused-ring (bicyclic) bond motifs is 1. The molecule has 0 saturated heterocycles. The smallest absolute Gasteiger partial charge is 0.0987 e. The van der Waals surface area contributed by atoms with Gasteiger partial charge in [0.05, 0.1) is 12.9 Å². The maximum atomic E-state index is 5.23. The zero-order valence-electron chi connectivity index (χ0n) is 6.21. The molecule has 1 nitrogen and oxygen atoms in total. The van der Waals surface area contributed by atoms with Crippen LogP contribution >= 0.6 is 0 Å². The lowest BCUT2D eigenvalue weighted by Crippen LogP contribution is -2.03. The van der Waals surface area contributed by atoms with E-state index in [2.05, 4.69) is 18.2 Å². The minimum Gasteiger partial charge on any atom is -0.501 e. The molecular weight excluding hydrogens is 124 g/mol. The number of methoxy groups -OCH3 is 1. The van der Waals surface area contributed by atoms with E-state index >= 15 is 0 Å². The summed E-state index contributed by atoms with van der Waals surface area (Å²) in [6.45, 7) is 0. The molecule has 2 rings (SSSR count). The molecule has 0 spiro atoms. The highest BCUT2D eigenvalue weighted by Gasteiger charge is 2.30. The number of rotatable bonds is 1. The lowest BCUT2D eigenvalue weighted by atomic mass is 9.99. The van der Waals surface area contributed by atoms with E-state index < -0.39 is 0 Å². The van der Waals surface area contributed by atoms with Crippen molar-refractivity contribution in [2.75, 3.05) is 7.11 Å². The van der Waals surface area contributed by atoms with Gasteiger partial charge in [-0.3, -0.25) is 0 Å². The van der Waals surface area contributed by atoms with Crippen molar-refractivity contribution in [3.8, 4) is 0 Å². The normalized spacial score (nSPS) is 35.9. The largest absolute Gasteiger partial charge is 0.501 e. The SMILES string of the molecule is COC1=CC[C@H]2CC=C[C@@H]12. The van der Waals surface area contributed by atoms with E-state index in [1.165, 1.54) is 18.6 Å². The van der Waals surface area contributed by atoms with Crippen LogP contribution in [0.4, 0.5) is 0 Å². The molecule has 0 aliphatic heterocycles. The Balaban J connectivity index is 2.17. The zero-order chi connectivity index (χ0) is 6.97. The average molecular weight is 136 g/mol. The summed E-state index contributed by atoms with van der Waals surface area (Å²) in [5, 5.41) is 0. The van der Waals surface area contributed by atoms with Crippen LogP contribution in [-0.2, 0) is 4.74 Å². The van der Waals surface area contributed by atoms with E-state index in [4.69, 9.17) is 4.74 Å². The minimum absolute atomic E-state index is 0.616. The maximum absolute atomic E-state index is 5.23. The van der Waals surface area contributed by atoms with Gasteiger partial charge in [0, 0.05) is 5.92 Å². The second-order valence-corrected chi connectivity index (χ2v) is 3.00. The highest BCUT2D eigenvalue weighted by molar-refractivity contribution is 5.20. The molecule has 0 fully saturated rings. The van der Waals surface area contributed by atoms with Crippen molar-refractivity contribution in [3.63, 3.8) is 0 Å². The molecule has 0 bridgehead atoms. The third-order valence-corrected chi connectivity index (χ3v) is 2.48. The highest BCUT2D eigenvalue weighted by atomic mass is 16.5. The Kier molecular flexibility index (Phi) is 1.30. The van der Waals surface area contributed by atoms with E-state index in [0.29, 0.717) is 5.92 Å². The summed E-state index contributed by atoms with van der Waals surface area (Å²) in [5.41, 5.74) is 0. The fraction of sp³-hybridized carbons (Fsp3) is 0.556. The molecule has 0 unspecified atom stereocenters. The molecule has 2 atom stereocenters. The van der Waals surface area contributed by atoms with E-state index in [9.17, 15) is 0 Å². The monoisotopic (exact) mass is 136 g/mol. The van der Waals surface area contributed by atoms with Crippen molar-refractivity contribution in [1.82, 2.24) is 0 Å². The van der Waals surface area contributed by atoms with E-state index in [1.807, 2.05) is 0 Å². The van der Waals surface area contributed by atoms with Crippen LogP contribution in [0.3, 0.4) is 0 Å². The Hall–Kier alpha value is -0.720. The summed E-state index contributed by atoms with van der Waals surface area (Å²) in [4.78, 5) is 0. The fourth-order valence-corrected chi connectivity index (χ4v) is 1.90. The van der Waals surface area contributed by atoms with Crippen molar-refractivity contribution in [3.05, 3.63) is 24.0 Å². The van der Waals surface area contributed by atoms with Crippen LogP contribution in [0.2, 0.25) is 0 Å². The van der Waals surface area contributed by atoms with Gasteiger partial charge in [0.2, 0.25) is 0 Å². The van der Waals surface area contributed by atoms with E-state index in [-0.39, 0.29) is 0 Å². The van der Waals surface area contributed by atoms with Gasteiger partial charge in [-0.1, -0.05) is 12.2 Å². The van der Waals surface area contributed by atoms with Gasteiger partial charge in [-0.2, -0.15) is 0 Å². The van der Waals surface area contributed by atoms with Crippen molar-refractivity contribution >= 4 is 0 Å². The van der Waals surface area contributed by atoms with E-state index in [0.717, 1.165) is 5.92 Å². The Morgan fingerprint density at radius 3 is 3.20 bits per heavy atom. The summed E-state index contributed by atoms with van der Waals surface area (Å²) in [6, 6.07) is 0. The predicted molar refractivity (Wildman–Crippen MR) is 40.4 cm³/mol. The summed E-state index contributed by atoms with van der Waals surface area (Å²) in [6.07, 6.45) is 9.21. The lowest BCUT2D eigenvalue weighted by Gasteiger charge is -2.11. The molecule has 0 aromatic rings. The molecule has 1 heteroatoms. The molecule has 0 aromatic heterocycles. The van der Waals surface area contributed by atoms with Gasteiger partial charge in [0.1, 0.15) is 0 Å². The number of allylic oxidation sites excluding steroid dienone is 3. The summed E-state index contributed by atoms with van der Waals surface area (Å²) in [7, 11) is 1.76. The molecule has 0 saturated carbocycles. The predicted octanol–water partition coefficient (Wildman–Crippen LogP) is 2.11. The van der Waals surface area contributed by atoms with Gasteiger partial charge >= 0.3 is 0 Å². The standard InChI is InChI=1S/C9H12O/c1-10-9-6-5-7-3-2-4-8(7)9/h2,4,6-8H,3,5H2,1H3/t7-,8-/m1/s1. The molecule has 54 valence electrons. The van der Waals surface area contributed by atoms with Gasteiger partial charge in [0.25, 0.3) is 0 Å². The first-order valence-electron chi connectivity index (χ1n) is 3.82. The van der Waals surface area contributed by atoms with Gasteiger partial charge in [0.15, 0.2) is 0 Å². The average Bonchev–Trinajstić information content (AvgIpc) is 2.44. The van der Waals surface area contributed by atoms with Gasteiger partial charge < -0.3 is 4.74 Å². The first-order valence-corrected chi connectivity index (χ1v) is 3.82. The summed E-state index contributed by atoms with van der Waals surface area (Å²) in [5.74, 6) is 2.62. The van der Waals surface area contributed by atoms with Gasteiger partial charge in [-0.25, -0.2) is 0 Å². The number of ether oxygens (including phenoxy) is 1. The molecule has 2 aliphatic rings. The number of hydrogen-bond donors (Lipinski definition) is 0. The second-order valence-electron chi connectivity index (χ2n) is 3.00. The van der Waals surface area contributed by atoms with Crippen LogP contribution in [0.5, 0.6) is 0 Å². The van der Waals surface area contributed by atoms with Crippen molar-refractivity contribution in [2.45, 2.75) is 12.8 Å². The third kappa shape index (κ3) is 0.698. The topological polar surface area (TPSA) is 9.23 Å². The summed E-state index contributed by atoms with van der Waals surface area (Å²) < 4.78 is 5.23. The Labute approximate surface area is 61.4 Å². The maximum Gasteiger partial charge on any atom is 0.0987 e. The lowest BCUT2D eigenvalue weighted by molar-refractivity contribution is 0.250. The fourth-order valence-electron chi connectivity index (χ4n) is 1.90. The molecule has 0 N–H and O–H groups in total.